The Balaban J connectivity index is 2.55. The fourth-order valence-corrected chi connectivity index (χ4v) is 2.52. The number of amides is 1. The van der Waals surface area contributed by atoms with Crippen LogP contribution in [0.15, 0.2) is 0 Å². The van der Waals surface area contributed by atoms with Crippen molar-refractivity contribution >= 4 is 5.91 Å². The molecule has 1 saturated heterocycles. The van der Waals surface area contributed by atoms with Crippen molar-refractivity contribution in [2.45, 2.75) is 52.5 Å². The third-order valence-electron chi connectivity index (χ3n) is 3.58. The number of rotatable bonds is 4. The summed E-state index contributed by atoms with van der Waals surface area (Å²) >= 11 is 0. The van der Waals surface area contributed by atoms with Crippen molar-refractivity contribution in [2.75, 3.05) is 13.1 Å². The molecule has 1 rings (SSSR count). The Hall–Kier alpha value is -0.570. The molecule has 0 radical (unpaired) electrons. The fraction of sp³-hybridized carbons (Fsp3) is 0.923. The van der Waals surface area contributed by atoms with Gasteiger partial charge in [0.05, 0.1) is 0 Å². The molecule has 1 amide bonds. The Morgan fingerprint density at radius 1 is 1.50 bits per heavy atom. The Morgan fingerprint density at radius 2 is 2.19 bits per heavy atom. The number of hydrogen-bond acceptors (Lipinski definition) is 2. The zero-order valence-corrected chi connectivity index (χ0v) is 10.9. The second kappa shape index (κ2) is 6.24. The van der Waals surface area contributed by atoms with Gasteiger partial charge in [-0.05, 0) is 24.7 Å². The largest absolute Gasteiger partial charge is 0.338 e. The number of nitrogens with zero attached hydrogens (tertiary/aromatic N) is 1. The number of piperidine rings is 1. The summed E-state index contributed by atoms with van der Waals surface area (Å²) < 4.78 is 0. The lowest BCUT2D eigenvalue weighted by molar-refractivity contribution is -0.136. The number of nitrogens with two attached hydrogens (primary N) is 1. The first-order valence-electron chi connectivity index (χ1n) is 6.58. The summed E-state index contributed by atoms with van der Waals surface area (Å²) in [7, 11) is 0. The van der Waals surface area contributed by atoms with E-state index in [2.05, 4.69) is 20.8 Å². The Labute approximate surface area is 99.4 Å². The minimum atomic E-state index is 0.282. The van der Waals surface area contributed by atoms with E-state index in [-0.39, 0.29) is 6.04 Å². The highest BCUT2D eigenvalue weighted by Crippen LogP contribution is 2.25. The van der Waals surface area contributed by atoms with Gasteiger partial charge in [0.25, 0.3) is 0 Å². The molecule has 3 nitrogen and oxygen atoms in total. The molecule has 0 bridgehead atoms. The van der Waals surface area contributed by atoms with Gasteiger partial charge < -0.3 is 10.6 Å². The molecule has 16 heavy (non-hydrogen) atoms. The Kier molecular flexibility index (Phi) is 5.26. The van der Waals surface area contributed by atoms with Crippen molar-refractivity contribution in [1.29, 1.82) is 0 Å². The lowest BCUT2D eigenvalue weighted by Crippen LogP contribution is -2.49. The van der Waals surface area contributed by atoms with Crippen molar-refractivity contribution in [2.24, 2.45) is 17.6 Å². The first-order chi connectivity index (χ1) is 7.58. The maximum Gasteiger partial charge on any atom is 0.223 e. The van der Waals surface area contributed by atoms with Gasteiger partial charge in [0, 0.05) is 25.6 Å². The van der Waals surface area contributed by atoms with E-state index in [0.717, 1.165) is 25.3 Å². The number of carbonyl (C=O) groups excluding carboxylic acids is 1. The zero-order chi connectivity index (χ0) is 12.1. The van der Waals surface area contributed by atoms with Gasteiger partial charge in [-0.2, -0.15) is 0 Å². The molecular weight excluding hydrogens is 200 g/mol. The second-order valence-electron chi connectivity index (χ2n) is 5.37. The van der Waals surface area contributed by atoms with Gasteiger partial charge in [-0.3, -0.25) is 4.79 Å². The highest BCUT2D eigenvalue weighted by Gasteiger charge is 2.29. The molecule has 0 spiro atoms. The lowest BCUT2D eigenvalue weighted by Gasteiger charge is -2.39. The summed E-state index contributed by atoms with van der Waals surface area (Å²) in [6, 6.07) is 0.282. The highest BCUT2D eigenvalue weighted by atomic mass is 16.2. The van der Waals surface area contributed by atoms with Gasteiger partial charge in [0.15, 0.2) is 0 Å². The topological polar surface area (TPSA) is 46.3 Å². The first-order valence-corrected chi connectivity index (χ1v) is 6.58. The second-order valence-corrected chi connectivity index (χ2v) is 5.37. The van der Waals surface area contributed by atoms with E-state index in [0.29, 0.717) is 24.8 Å². The van der Waals surface area contributed by atoms with Crippen LogP contribution in [0.25, 0.3) is 0 Å². The Morgan fingerprint density at radius 3 is 2.69 bits per heavy atom. The van der Waals surface area contributed by atoms with Gasteiger partial charge in [0.2, 0.25) is 5.91 Å². The van der Waals surface area contributed by atoms with E-state index in [9.17, 15) is 4.79 Å². The minimum absolute atomic E-state index is 0.282. The van der Waals surface area contributed by atoms with Crippen LogP contribution >= 0.6 is 0 Å². The van der Waals surface area contributed by atoms with Crippen molar-refractivity contribution < 1.29 is 4.79 Å². The fourth-order valence-electron chi connectivity index (χ4n) is 2.52. The monoisotopic (exact) mass is 226 g/mol. The van der Waals surface area contributed by atoms with Gasteiger partial charge in [-0.15, -0.1) is 0 Å². The SMILES string of the molecule is CCC1CCN(C(=O)CC(C)C)C(CN)C1. The molecule has 2 atom stereocenters. The van der Waals surface area contributed by atoms with Crippen LogP contribution in [0.5, 0.6) is 0 Å². The molecule has 2 unspecified atom stereocenters. The van der Waals surface area contributed by atoms with Crippen molar-refractivity contribution in [3.8, 4) is 0 Å². The van der Waals surface area contributed by atoms with Gasteiger partial charge in [-0.25, -0.2) is 0 Å². The molecule has 0 aromatic carbocycles. The molecule has 1 aliphatic rings. The van der Waals surface area contributed by atoms with Gasteiger partial charge >= 0.3 is 0 Å². The van der Waals surface area contributed by atoms with Crippen LogP contribution in [-0.2, 0) is 4.79 Å². The predicted molar refractivity (Wildman–Crippen MR) is 67.0 cm³/mol. The smallest absolute Gasteiger partial charge is 0.223 e. The summed E-state index contributed by atoms with van der Waals surface area (Å²) in [5.41, 5.74) is 5.79. The molecule has 0 aliphatic carbocycles. The molecule has 0 aromatic heterocycles. The van der Waals surface area contributed by atoms with Crippen molar-refractivity contribution in [3.05, 3.63) is 0 Å². The third kappa shape index (κ3) is 3.48. The van der Waals surface area contributed by atoms with E-state index < -0.39 is 0 Å². The molecule has 2 N–H and O–H groups in total. The van der Waals surface area contributed by atoms with E-state index in [1.54, 1.807) is 0 Å². The molecule has 0 saturated carbocycles. The maximum atomic E-state index is 12.0. The summed E-state index contributed by atoms with van der Waals surface area (Å²) in [4.78, 5) is 14.1. The average molecular weight is 226 g/mol. The summed E-state index contributed by atoms with van der Waals surface area (Å²) in [6.07, 6.45) is 4.11. The maximum absolute atomic E-state index is 12.0. The van der Waals surface area contributed by atoms with E-state index >= 15 is 0 Å². The predicted octanol–water partition coefficient (Wildman–Crippen LogP) is 2.01. The Bertz CT molecular complexity index is 228. The quantitative estimate of drug-likeness (QED) is 0.797. The van der Waals surface area contributed by atoms with Gasteiger partial charge in [0.1, 0.15) is 0 Å². The van der Waals surface area contributed by atoms with E-state index in [1.165, 1.54) is 6.42 Å². The molecule has 1 heterocycles. The van der Waals surface area contributed by atoms with Crippen LogP contribution < -0.4 is 5.73 Å². The molecule has 0 aromatic rings. The van der Waals surface area contributed by atoms with Crippen LogP contribution in [0.2, 0.25) is 0 Å². The summed E-state index contributed by atoms with van der Waals surface area (Å²) in [5, 5.41) is 0. The van der Waals surface area contributed by atoms with Crippen LogP contribution in [0, 0.1) is 11.8 Å². The lowest BCUT2D eigenvalue weighted by atomic mass is 9.88. The summed E-state index contributed by atoms with van der Waals surface area (Å²) in [6.45, 7) is 7.93. The zero-order valence-electron chi connectivity index (χ0n) is 10.9. The number of hydrogen-bond donors (Lipinski definition) is 1. The van der Waals surface area contributed by atoms with Crippen LogP contribution in [0.1, 0.15) is 46.5 Å². The van der Waals surface area contributed by atoms with Crippen molar-refractivity contribution in [3.63, 3.8) is 0 Å². The van der Waals surface area contributed by atoms with Crippen LogP contribution in [0.3, 0.4) is 0 Å². The molecule has 1 fully saturated rings. The normalized spacial score (nSPS) is 26.2. The highest BCUT2D eigenvalue weighted by molar-refractivity contribution is 5.76. The molecule has 1 aliphatic heterocycles. The number of carbonyl (C=O) groups is 1. The molecule has 94 valence electrons. The molecule has 3 heteroatoms. The van der Waals surface area contributed by atoms with Crippen LogP contribution in [-0.4, -0.2) is 29.9 Å². The van der Waals surface area contributed by atoms with Crippen molar-refractivity contribution in [1.82, 2.24) is 4.90 Å². The summed E-state index contributed by atoms with van der Waals surface area (Å²) in [5.74, 6) is 1.49. The van der Waals surface area contributed by atoms with E-state index in [4.69, 9.17) is 5.73 Å². The van der Waals surface area contributed by atoms with E-state index in [1.807, 2.05) is 4.90 Å². The van der Waals surface area contributed by atoms with Crippen LogP contribution in [0.4, 0.5) is 0 Å². The minimum Gasteiger partial charge on any atom is -0.338 e. The van der Waals surface area contributed by atoms with Gasteiger partial charge in [-0.1, -0.05) is 27.2 Å². The molecular formula is C13H26N2O. The third-order valence-corrected chi connectivity index (χ3v) is 3.58. The average Bonchev–Trinajstić information content (AvgIpc) is 2.27. The number of likely N-dealkylation sites (tertiary alicyclic amines) is 1. The standard InChI is InChI=1S/C13H26N2O/c1-4-11-5-6-15(12(8-11)9-14)13(16)7-10(2)3/h10-12H,4-9,14H2,1-3H3. The first kappa shape index (κ1) is 13.5.